The van der Waals surface area contributed by atoms with Crippen LogP contribution in [-0.4, -0.2) is 22.0 Å². The van der Waals surface area contributed by atoms with Crippen molar-refractivity contribution in [2.45, 2.75) is 39.0 Å². The highest BCUT2D eigenvalue weighted by Gasteiger charge is 2.22. The molecule has 2 aromatic carbocycles. The van der Waals surface area contributed by atoms with Crippen LogP contribution in [0, 0.1) is 5.92 Å². The summed E-state index contributed by atoms with van der Waals surface area (Å²) in [6, 6.07) is 17.1. The number of aryl methyl sites for hydroxylation is 1. The van der Waals surface area contributed by atoms with Gasteiger partial charge in [-0.05, 0) is 60.4 Å². The predicted molar refractivity (Wildman–Crippen MR) is 113 cm³/mol. The fraction of sp³-hybridized carbons (Fsp3) is 0.333. The molecule has 0 atom stereocenters. The Balaban J connectivity index is 1.47. The molecule has 1 saturated carbocycles. The highest BCUT2D eigenvalue weighted by Crippen LogP contribution is 2.27. The first-order valence-corrected chi connectivity index (χ1v) is 10.2. The number of hydrogen-bond acceptors (Lipinski definition) is 2. The molecule has 1 amide bonds. The fourth-order valence-electron chi connectivity index (χ4n) is 3.38. The van der Waals surface area contributed by atoms with E-state index >= 15 is 0 Å². The van der Waals surface area contributed by atoms with E-state index in [1.807, 2.05) is 16.7 Å². The molecule has 1 aliphatic rings. The second kappa shape index (κ2) is 8.42. The largest absolute Gasteiger partial charge is 0.350 e. The number of hydrogen-bond donors (Lipinski definition) is 1. The van der Waals surface area contributed by atoms with Crippen molar-refractivity contribution in [1.82, 2.24) is 14.9 Å². The highest BCUT2D eigenvalue weighted by atomic mass is 16.1. The van der Waals surface area contributed by atoms with Crippen LogP contribution >= 0.6 is 0 Å². The molecule has 0 spiro atoms. The van der Waals surface area contributed by atoms with E-state index in [4.69, 9.17) is 0 Å². The van der Waals surface area contributed by atoms with Crippen molar-refractivity contribution in [3.05, 3.63) is 72.3 Å². The Kier molecular flexibility index (Phi) is 5.56. The van der Waals surface area contributed by atoms with Gasteiger partial charge in [0.05, 0.1) is 12.5 Å². The first kappa shape index (κ1) is 18.5. The molecule has 1 aromatic heterocycles. The fourth-order valence-corrected chi connectivity index (χ4v) is 3.38. The van der Waals surface area contributed by atoms with Gasteiger partial charge in [0.1, 0.15) is 5.69 Å². The van der Waals surface area contributed by atoms with Crippen LogP contribution in [0.5, 0.6) is 0 Å². The van der Waals surface area contributed by atoms with Crippen molar-refractivity contribution in [1.29, 1.82) is 0 Å². The summed E-state index contributed by atoms with van der Waals surface area (Å²) < 4.78 is 1.85. The van der Waals surface area contributed by atoms with Gasteiger partial charge in [0.15, 0.2) is 0 Å². The molecular weight excluding hydrogens is 346 g/mol. The van der Waals surface area contributed by atoms with E-state index < -0.39 is 0 Å². The number of imidazole rings is 1. The maximum absolute atomic E-state index is 12.5. The molecule has 0 saturated heterocycles. The molecule has 4 heteroatoms. The summed E-state index contributed by atoms with van der Waals surface area (Å²) in [7, 11) is 0. The molecule has 1 N–H and O–H groups in total. The number of aromatic nitrogens is 2. The molecule has 4 nitrogen and oxygen atoms in total. The summed E-state index contributed by atoms with van der Waals surface area (Å²) >= 11 is 0. The Morgan fingerprint density at radius 2 is 1.75 bits per heavy atom. The van der Waals surface area contributed by atoms with Gasteiger partial charge in [-0.2, -0.15) is 0 Å². The molecule has 0 aliphatic heterocycles. The molecule has 0 radical (unpaired) electrons. The van der Waals surface area contributed by atoms with E-state index in [2.05, 4.69) is 53.6 Å². The van der Waals surface area contributed by atoms with Gasteiger partial charge in [0.2, 0.25) is 0 Å². The van der Waals surface area contributed by atoms with Crippen LogP contribution in [0.15, 0.2) is 61.1 Å². The van der Waals surface area contributed by atoms with Crippen LogP contribution in [0.25, 0.3) is 16.8 Å². The summed E-state index contributed by atoms with van der Waals surface area (Å²) in [6.07, 6.45) is 9.37. The number of rotatable bonds is 8. The number of nitrogens with one attached hydrogen (secondary N) is 1. The van der Waals surface area contributed by atoms with Gasteiger partial charge in [0, 0.05) is 12.2 Å². The molecule has 1 heterocycles. The molecule has 0 unspecified atom stereocenters. The zero-order valence-electron chi connectivity index (χ0n) is 16.4. The summed E-state index contributed by atoms with van der Waals surface area (Å²) in [5.41, 5.74) is 5.29. The average Bonchev–Trinajstić information content (AvgIpc) is 3.44. The van der Waals surface area contributed by atoms with E-state index in [1.54, 1.807) is 12.5 Å². The number of unbranched alkanes of at least 4 members (excludes halogenated alkanes) is 1. The average molecular weight is 374 g/mol. The minimum absolute atomic E-state index is 0.0591. The zero-order valence-corrected chi connectivity index (χ0v) is 16.4. The number of carbonyl (C=O) groups excluding carboxylic acids is 1. The van der Waals surface area contributed by atoms with Crippen molar-refractivity contribution in [2.24, 2.45) is 5.92 Å². The van der Waals surface area contributed by atoms with Crippen molar-refractivity contribution in [3.63, 3.8) is 0 Å². The van der Waals surface area contributed by atoms with Crippen LogP contribution in [0.4, 0.5) is 0 Å². The van der Waals surface area contributed by atoms with Gasteiger partial charge in [-0.1, -0.05) is 49.7 Å². The van der Waals surface area contributed by atoms with Crippen LogP contribution in [0.2, 0.25) is 0 Å². The SMILES string of the molecule is CCCCc1ccc(-c2ccc(-n3cncc3C(=O)NCC3CC3)cc2)cc1. The molecule has 144 valence electrons. The molecule has 1 fully saturated rings. The van der Waals surface area contributed by atoms with E-state index in [1.165, 1.54) is 42.4 Å². The van der Waals surface area contributed by atoms with E-state index in [9.17, 15) is 4.79 Å². The Labute approximate surface area is 166 Å². The third-order valence-electron chi connectivity index (χ3n) is 5.37. The molecule has 0 bridgehead atoms. The van der Waals surface area contributed by atoms with Crippen LogP contribution < -0.4 is 5.32 Å². The molecular formula is C24H27N3O. The van der Waals surface area contributed by atoms with Crippen molar-refractivity contribution >= 4 is 5.91 Å². The van der Waals surface area contributed by atoms with Crippen LogP contribution in [-0.2, 0) is 6.42 Å². The number of nitrogens with zero attached hydrogens (tertiary/aromatic N) is 2. The van der Waals surface area contributed by atoms with Gasteiger partial charge in [-0.3, -0.25) is 9.36 Å². The van der Waals surface area contributed by atoms with E-state index in [-0.39, 0.29) is 5.91 Å². The first-order chi connectivity index (χ1) is 13.7. The lowest BCUT2D eigenvalue weighted by Crippen LogP contribution is -2.27. The molecule has 1 aliphatic carbocycles. The van der Waals surface area contributed by atoms with Crippen molar-refractivity contribution in [2.75, 3.05) is 6.54 Å². The van der Waals surface area contributed by atoms with Gasteiger partial charge in [-0.15, -0.1) is 0 Å². The monoisotopic (exact) mass is 373 g/mol. The van der Waals surface area contributed by atoms with Crippen molar-refractivity contribution < 1.29 is 4.79 Å². The first-order valence-electron chi connectivity index (χ1n) is 10.2. The van der Waals surface area contributed by atoms with Gasteiger partial charge >= 0.3 is 0 Å². The third kappa shape index (κ3) is 4.33. The Morgan fingerprint density at radius 3 is 2.39 bits per heavy atom. The normalized spacial score (nSPS) is 13.5. The lowest BCUT2D eigenvalue weighted by atomic mass is 10.0. The third-order valence-corrected chi connectivity index (χ3v) is 5.37. The summed E-state index contributed by atoms with van der Waals surface area (Å²) in [6.45, 7) is 2.98. The zero-order chi connectivity index (χ0) is 19.3. The van der Waals surface area contributed by atoms with Crippen LogP contribution in [0.1, 0.15) is 48.7 Å². The molecule has 3 aromatic rings. The minimum Gasteiger partial charge on any atom is -0.350 e. The second-order valence-electron chi connectivity index (χ2n) is 7.65. The van der Waals surface area contributed by atoms with E-state index in [0.29, 0.717) is 11.6 Å². The quantitative estimate of drug-likeness (QED) is 0.602. The van der Waals surface area contributed by atoms with Gasteiger partial charge < -0.3 is 5.32 Å². The summed E-state index contributed by atoms with van der Waals surface area (Å²) in [4.78, 5) is 16.6. The summed E-state index contributed by atoms with van der Waals surface area (Å²) in [5.74, 6) is 0.601. The van der Waals surface area contributed by atoms with E-state index in [0.717, 1.165) is 18.7 Å². The van der Waals surface area contributed by atoms with Gasteiger partial charge in [-0.25, -0.2) is 4.98 Å². The maximum Gasteiger partial charge on any atom is 0.269 e. The lowest BCUT2D eigenvalue weighted by molar-refractivity contribution is 0.0945. The Bertz CT molecular complexity index is 921. The van der Waals surface area contributed by atoms with Crippen LogP contribution in [0.3, 0.4) is 0 Å². The topological polar surface area (TPSA) is 46.9 Å². The molecule has 4 rings (SSSR count). The smallest absolute Gasteiger partial charge is 0.269 e. The standard InChI is InChI=1S/C24H27N3O/c1-2-3-4-18-7-9-20(10-8-18)21-11-13-22(14-12-21)27-17-25-16-23(27)24(28)26-15-19-5-6-19/h7-14,16-17,19H,2-6,15H2,1H3,(H,26,28). The number of benzene rings is 2. The maximum atomic E-state index is 12.5. The second-order valence-corrected chi connectivity index (χ2v) is 7.65. The Hall–Kier alpha value is -2.88. The van der Waals surface area contributed by atoms with Crippen molar-refractivity contribution in [3.8, 4) is 16.8 Å². The Morgan fingerprint density at radius 1 is 1.07 bits per heavy atom. The highest BCUT2D eigenvalue weighted by molar-refractivity contribution is 5.93. The number of amides is 1. The number of carbonyl (C=O) groups is 1. The lowest BCUT2D eigenvalue weighted by Gasteiger charge is -2.10. The summed E-state index contributed by atoms with van der Waals surface area (Å²) in [5, 5.41) is 3.01. The van der Waals surface area contributed by atoms with Gasteiger partial charge in [0.25, 0.3) is 5.91 Å². The minimum atomic E-state index is -0.0591. The molecule has 28 heavy (non-hydrogen) atoms. The predicted octanol–water partition coefficient (Wildman–Crippen LogP) is 5.02.